The second-order valence-corrected chi connectivity index (χ2v) is 7.49. The number of amides is 1. The monoisotopic (exact) mass is 361 g/mol. The maximum Gasteiger partial charge on any atom is 0.263 e. The lowest BCUT2D eigenvalue weighted by atomic mass is 10.1. The standard InChI is InChI=1S/C19H24FN3OS/c1-21-17-11-16(8-7-13-4-2-5-14(20)10-13)25-18(17)19(24)23-15-6-3-9-22-12-15/h2,4-5,10-11,15,21-22H,3,6-9,12H2,1H3,(H,23,24). The third-order valence-corrected chi connectivity index (χ3v) is 5.63. The Balaban J connectivity index is 1.65. The Bertz CT molecular complexity index is 725. The number of piperidine rings is 1. The molecule has 1 fully saturated rings. The van der Waals surface area contributed by atoms with Crippen LogP contribution < -0.4 is 16.0 Å². The van der Waals surface area contributed by atoms with E-state index in [9.17, 15) is 9.18 Å². The minimum atomic E-state index is -0.208. The molecule has 1 aromatic carbocycles. The fraction of sp³-hybridized carbons (Fsp3) is 0.421. The van der Waals surface area contributed by atoms with Crippen molar-refractivity contribution in [2.45, 2.75) is 31.7 Å². The molecule has 0 aliphatic carbocycles. The van der Waals surface area contributed by atoms with Gasteiger partial charge in [0.05, 0.1) is 5.69 Å². The van der Waals surface area contributed by atoms with Gasteiger partial charge >= 0.3 is 0 Å². The Morgan fingerprint density at radius 3 is 2.96 bits per heavy atom. The molecule has 2 aromatic rings. The molecule has 25 heavy (non-hydrogen) atoms. The molecule has 1 unspecified atom stereocenters. The second kappa shape index (κ2) is 8.45. The average molecular weight is 361 g/mol. The highest BCUT2D eigenvalue weighted by Crippen LogP contribution is 2.28. The maximum absolute atomic E-state index is 13.3. The molecular formula is C19H24FN3OS. The summed E-state index contributed by atoms with van der Waals surface area (Å²) in [6.07, 6.45) is 3.66. The van der Waals surface area contributed by atoms with Gasteiger partial charge in [-0.1, -0.05) is 12.1 Å². The van der Waals surface area contributed by atoms with Crippen molar-refractivity contribution >= 4 is 22.9 Å². The van der Waals surface area contributed by atoms with Gasteiger partial charge in [0, 0.05) is 24.5 Å². The fourth-order valence-corrected chi connectivity index (χ4v) is 4.17. The van der Waals surface area contributed by atoms with Gasteiger partial charge in [-0.05, 0) is 56.0 Å². The molecule has 0 saturated carbocycles. The van der Waals surface area contributed by atoms with Crippen LogP contribution in [0.1, 0.15) is 33.0 Å². The number of aryl methyl sites for hydroxylation is 2. The molecule has 0 spiro atoms. The first kappa shape index (κ1) is 17.9. The van der Waals surface area contributed by atoms with Crippen LogP contribution in [0.4, 0.5) is 10.1 Å². The zero-order chi connectivity index (χ0) is 17.6. The van der Waals surface area contributed by atoms with E-state index in [0.717, 1.165) is 59.8 Å². The second-order valence-electron chi connectivity index (χ2n) is 6.35. The topological polar surface area (TPSA) is 53.2 Å². The number of anilines is 1. The number of halogens is 1. The number of thiophene rings is 1. The Labute approximate surface area is 151 Å². The zero-order valence-corrected chi connectivity index (χ0v) is 15.2. The van der Waals surface area contributed by atoms with Crippen molar-refractivity contribution in [1.29, 1.82) is 0 Å². The molecule has 0 bridgehead atoms. The van der Waals surface area contributed by atoms with Gasteiger partial charge in [-0.2, -0.15) is 0 Å². The number of hydrogen-bond acceptors (Lipinski definition) is 4. The Morgan fingerprint density at radius 1 is 1.36 bits per heavy atom. The Morgan fingerprint density at radius 2 is 2.24 bits per heavy atom. The molecule has 0 radical (unpaired) electrons. The smallest absolute Gasteiger partial charge is 0.263 e. The largest absolute Gasteiger partial charge is 0.387 e. The maximum atomic E-state index is 13.3. The molecule has 4 nitrogen and oxygen atoms in total. The number of hydrogen-bond donors (Lipinski definition) is 3. The highest BCUT2D eigenvalue weighted by molar-refractivity contribution is 7.14. The number of nitrogens with one attached hydrogen (secondary N) is 3. The molecule has 1 saturated heterocycles. The molecular weight excluding hydrogens is 337 g/mol. The van der Waals surface area contributed by atoms with Crippen molar-refractivity contribution < 1.29 is 9.18 Å². The summed E-state index contributed by atoms with van der Waals surface area (Å²) in [5.74, 6) is -0.221. The lowest BCUT2D eigenvalue weighted by Gasteiger charge is -2.23. The highest BCUT2D eigenvalue weighted by atomic mass is 32.1. The van der Waals surface area contributed by atoms with E-state index in [4.69, 9.17) is 0 Å². The summed E-state index contributed by atoms with van der Waals surface area (Å²) >= 11 is 1.52. The van der Waals surface area contributed by atoms with Crippen LogP contribution in [-0.4, -0.2) is 32.1 Å². The molecule has 1 aromatic heterocycles. The Hall–Kier alpha value is -1.92. The number of carbonyl (C=O) groups excluding carboxylic acids is 1. The predicted octanol–water partition coefficient (Wildman–Crippen LogP) is 3.20. The van der Waals surface area contributed by atoms with Crippen LogP contribution in [-0.2, 0) is 12.8 Å². The first-order chi connectivity index (χ1) is 12.2. The summed E-state index contributed by atoms with van der Waals surface area (Å²) < 4.78 is 13.3. The van der Waals surface area contributed by atoms with E-state index in [1.165, 1.54) is 17.4 Å². The van der Waals surface area contributed by atoms with E-state index in [0.29, 0.717) is 0 Å². The Kier molecular flexibility index (Phi) is 6.04. The predicted molar refractivity (Wildman–Crippen MR) is 101 cm³/mol. The van der Waals surface area contributed by atoms with Crippen molar-refractivity contribution in [1.82, 2.24) is 10.6 Å². The zero-order valence-electron chi connectivity index (χ0n) is 14.4. The summed E-state index contributed by atoms with van der Waals surface area (Å²) in [6.45, 7) is 1.86. The molecule has 134 valence electrons. The lowest BCUT2D eigenvalue weighted by Crippen LogP contribution is -2.45. The van der Waals surface area contributed by atoms with Crippen molar-refractivity contribution in [3.05, 3.63) is 51.5 Å². The van der Waals surface area contributed by atoms with Crippen LogP contribution in [0.2, 0.25) is 0 Å². The van der Waals surface area contributed by atoms with Crippen LogP contribution >= 0.6 is 11.3 Å². The molecule has 3 rings (SSSR count). The first-order valence-corrected chi connectivity index (χ1v) is 9.54. The first-order valence-electron chi connectivity index (χ1n) is 8.72. The minimum Gasteiger partial charge on any atom is -0.387 e. The van der Waals surface area contributed by atoms with Crippen LogP contribution in [0.5, 0.6) is 0 Å². The van der Waals surface area contributed by atoms with Crippen molar-refractivity contribution in [3.8, 4) is 0 Å². The summed E-state index contributed by atoms with van der Waals surface area (Å²) in [7, 11) is 1.83. The van der Waals surface area contributed by atoms with Gasteiger partial charge in [0.25, 0.3) is 5.91 Å². The van der Waals surface area contributed by atoms with Gasteiger partial charge < -0.3 is 16.0 Å². The van der Waals surface area contributed by atoms with Crippen LogP contribution in [0, 0.1) is 5.82 Å². The minimum absolute atomic E-state index is 0.0138. The molecule has 1 atom stereocenters. The SMILES string of the molecule is CNc1cc(CCc2cccc(F)c2)sc1C(=O)NC1CCCNC1. The van der Waals surface area contributed by atoms with E-state index in [1.54, 1.807) is 12.1 Å². The fourth-order valence-electron chi connectivity index (χ4n) is 3.11. The summed E-state index contributed by atoms with van der Waals surface area (Å²) in [6, 6.07) is 8.91. The van der Waals surface area contributed by atoms with Crippen molar-refractivity contribution in [2.24, 2.45) is 0 Å². The third-order valence-electron chi connectivity index (χ3n) is 4.44. The van der Waals surface area contributed by atoms with Crippen molar-refractivity contribution in [3.63, 3.8) is 0 Å². The molecule has 1 aliphatic rings. The van der Waals surface area contributed by atoms with E-state index < -0.39 is 0 Å². The van der Waals surface area contributed by atoms with Gasteiger partial charge in [-0.15, -0.1) is 11.3 Å². The molecule has 6 heteroatoms. The molecule has 2 heterocycles. The number of benzene rings is 1. The van der Waals surface area contributed by atoms with E-state index in [2.05, 4.69) is 16.0 Å². The quantitative estimate of drug-likeness (QED) is 0.741. The molecule has 1 amide bonds. The van der Waals surface area contributed by atoms with Gasteiger partial charge in [-0.3, -0.25) is 4.79 Å². The highest BCUT2D eigenvalue weighted by Gasteiger charge is 2.20. The third kappa shape index (κ3) is 4.80. The average Bonchev–Trinajstić information content (AvgIpc) is 3.04. The van der Waals surface area contributed by atoms with E-state index in [-0.39, 0.29) is 17.8 Å². The van der Waals surface area contributed by atoms with Crippen LogP contribution in [0.3, 0.4) is 0 Å². The number of rotatable bonds is 6. The summed E-state index contributed by atoms with van der Waals surface area (Å²) in [5, 5.41) is 9.55. The molecule has 1 aliphatic heterocycles. The van der Waals surface area contributed by atoms with Crippen LogP contribution in [0.15, 0.2) is 30.3 Å². The van der Waals surface area contributed by atoms with Crippen molar-refractivity contribution in [2.75, 3.05) is 25.5 Å². The summed E-state index contributed by atoms with van der Waals surface area (Å²) in [4.78, 5) is 14.5. The van der Waals surface area contributed by atoms with Gasteiger partial charge in [0.2, 0.25) is 0 Å². The van der Waals surface area contributed by atoms with Crippen LogP contribution in [0.25, 0.3) is 0 Å². The van der Waals surface area contributed by atoms with Gasteiger partial charge in [0.15, 0.2) is 0 Å². The van der Waals surface area contributed by atoms with Gasteiger partial charge in [0.1, 0.15) is 10.7 Å². The summed E-state index contributed by atoms with van der Waals surface area (Å²) in [5.41, 5.74) is 1.83. The normalized spacial score (nSPS) is 17.3. The van der Waals surface area contributed by atoms with E-state index >= 15 is 0 Å². The van der Waals surface area contributed by atoms with E-state index in [1.807, 2.05) is 19.2 Å². The lowest BCUT2D eigenvalue weighted by molar-refractivity contribution is 0.0935. The number of carbonyl (C=O) groups is 1. The van der Waals surface area contributed by atoms with Gasteiger partial charge in [-0.25, -0.2) is 4.39 Å². The molecule has 3 N–H and O–H groups in total.